The molecule has 0 saturated carbocycles. The van der Waals surface area contributed by atoms with Gasteiger partial charge in [-0.2, -0.15) is 13.2 Å². The molecule has 1 unspecified atom stereocenters. The Morgan fingerprint density at radius 1 is 0.952 bits per heavy atom. The zero-order valence-electron chi connectivity index (χ0n) is 11.3. The summed E-state index contributed by atoms with van der Waals surface area (Å²) in [7, 11) is 0. The molecular formula is C16H14BrF3O. The molecule has 0 saturated heterocycles. The molecule has 0 aliphatic rings. The van der Waals surface area contributed by atoms with Gasteiger partial charge in [-0.1, -0.05) is 47.1 Å². The lowest BCUT2D eigenvalue weighted by Gasteiger charge is -2.29. The van der Waals surface area contributed by atoms with Crippen molar-refractivity contribution in [3.05, 3.63) is 69.7 Å². The summed E-state index contributed by atoms with van der Waals surface area (Å²) in [6.07, 6.45) is -4.16. The Labute approximate surface area is 129 Å². The first-order valence-corrected chi connectivity index (χ1v) is 7.23. The molecule has 0 heterocycles. The molecule has 1 N–H and O–H groups in total. The molecule has 0 radical (unpaired) electrons. The van der Waals surface area contributed by atoms with Crippen molar-refractivity contribution in [3.63, 3.8) is 0 Å². The lowest BCUT2D eigenvalue weighted by atomic mass is 9.83. The van der Waals surface area contributed by atoms with Crippen LogP contribution in [0.25, 0.3) is 0 Å². The molecule has 1 nitrogen and oxygen atoms in total. The summed E-state index contributed by atoms with van der Waals surface area (Å²) in [6.45, 7) is 1.74. The van der Waals surface area contributed by atoms with Crippen molar-refractivity contribution in [1.29, 1.82) is 0 Å². The molecule has 5 heteroatoms. The molecule has 2 rings (SSSR count). The molecule has 21 heavy (non-hydrogen) atoms. The van der Waals surface area contributed by atoms with Gasteiger partial charge in [0.15, 0.2) is 0 Å². The molecule has 0 fully saturated rings. The third kappa shape index (κ3) is 3.30. The van der Waals surface area contributed by atoms with Gasteiger partial charge in [-0.05, 0) is 41.8 Å². The van der Waals surface area contributed by atoms with E-state index in [1.54, 1.807) is 31.2 Å². The molecule has 0 bridgehead atoms. The van der Waals surface area contributed by atoms with Crippen molar-refractivity contribution in [3.8, 4) is 0 Å². The number of halogens is 4. The minimum absolute atomic E-state index is 0.234. The Bertz CT molecular complexity index is 639. The van der Waals surface area contributed by atoms with Crippen molar-refractivity contribution in [2.75, 3.05) is 0 Å². The maximum atomic E-state index is 12.8. The van der Waals surface area contributed by atoms with E-state index >= 15 is 0 Å². The summed E-state index contributed by atoms with van der Waals surface area (Å²) in [6, 6.07) is 11.8. The van der Waals surface area contributed by atoms with Crippen LogP contribution in [-0.4, -0.2) is 5.11 Å². The third-order valence-corrected chi connectivity index (χ3v) is 3.97. The minimum Gasteiger partial charge on any atom is -0.380 e. The van der Waals surface area contributed by atoms with Gasteiger partial charge in [-0.3, -0.25) is 0 Å². The highest BCUT2D eigenvalue weighted by Crippen LogP contribution is 2.37. The van der Waals surface area contributed by atoms with Crippen LogP contribution in [-0.2, 0) is 11.8 Å². The number of hydrogen-bond acceptors (Lipinski definition) is 1. The van der Waals surface area contributed by atoms with Gasteiger partial charge in [0.05, 0.1) is 5.56 Å². The zero-order chi connectivity index (χ0) is 15.7. The van der Waals surface area contributed by atoms with Gasteiger partial charge in [0.2, 0.25) is 0 Å². The molecule has 0 spiro atoms. The second kappa shape index (κ2) is 5.81. The zero-order valence-corrected chi connectivity index (χ0v) is 12.9. The van der Waals surface area contributed by atoms with Crippen LogP contribution in [0.1, 0.15) is 30.0 Å². The van der Waals surface area contributed by atoms with Gasteiger partial charge in [-0.15, -0.1) is 0 Å². The first-order chi connectivity index (χ1) is 9.77. The molecule has 2 aromatic rings. The van der Waals surface area contributed by atoms with Gasteiger partial charge in [0.1, 0.15) is 5.60 Å². The van der Waals surface area contributed by atoms with Crippen molar-refractivity contribution >= 4 is 15.9 Å². The van der Waals surface area contributed by atoms with Crippen LogP contribution in [0.5, 0.6) is 0 Å². The minimum atomic E-state index is -4.43. The van der Waals surface area contributed by atoms with Crippen molar-refractivity contribution < 1.29 is 18.3 Å². The summed E-state index contributed by atoms with van der Waals surface area (Å²) in [5.41, 5.74) is -1.43. The lowest BCUT2D eigenvalue weighted by Crippen LogP contribution is -2.26. The molecule has 0 aromatic heterocycles. The number of aliphatic hydroxyl groups is 1. The molecule has 112 valence electrons. The molecular weight excluding hydrogens is 345 g/mol. The Kier molecular flexibility index (Phi) is 4.44. The Hall–Kier alpha value is -1.33. The van der Waals surface area contributed by atoms with Crippen LogP contribution < -0.4 is 0 Å². The summed E-state index contributed by atoms with van der Waals surface area (Å²) in [5.74, 6) is 0. The third-order valence-electron chi connectivity index (χ3n) is 3.48. The van der Waals surface area contributed by atoms with Crippen molar-refractivity contribution in [1.82, 2.24) is 0 Å². The summed E-state index contributed by atoms with van der Waals surface area (Å²) < 4.78 is 39.3. The van der Waals surface area contributed by atoms with Crippen LogP contribution in [0, 0.1) is 0 Å². The van der Waals surface area contributed by atoms with Crippen LogP contribution in [0.15, 0.2) is 53.0 Å². The number of hydrogen-bond donors (Lipinski definition) is 1. The van der Waals surface area contributed by atoms with Crippen LogP contribution in [0.4, 0.5) is 13.2 Å². The highest BCUT2D eigenvalue weighted by Gasteiger charge is 2.34. The molecule has 0 aliphatic carbocycles. The first-order valence-electron chi connectivity index (χ1n) is 6.43. The highest BCUT2D eigenvalue weighted by atomic mass is 79.9. The Balaban J connectivity index is 2.55. The molecule has 2 aromatic carbocycles. The number of alkyl halides is 3. The maximum Gasteiger partial charge on any atom is 0.416 e. The van der Waals surface area contributed by atoms with Crippen LogP contribution in [0.3, 0.4) is 0 Å². The largest absolute Gasteiger partial charge is 0.416 e. The predicted octanol–water partition coefficient (Wildman–Crippen LogP) is 5.11. The van der Waals surface area contributed by atoms with E-state index in [0.29, 0.717) is 5.56 Å². The Morgan fingerprint density at radius 3 is 2.00 bits per heavy atom. The fraction of sp³-hybridized carbons (Fsp3) is 0.250. The fourth-order valence-electron chi connectivity index (χ4n) is 2.27. The van der Waals surface area contributed by atoms with E-state index in [-0.39, 0.29) is 12.0 Å². The summed E-state index contributed by atoms with van der Waals surface area (Å²) in [5, 5.41) is 10.9. The van der Waals surface area contributed by atoms with Gasteiger partial charge >= 0.3 is 6.18 Å². The van der Waals surface area contributed by atoms with E-state index < -0.39 is 17.3 Å². The van der Waals surface area contributed by atoms with Gasteiger partial charge in [0.25, 0.3) is 0 Å². The molecule has 0 amide bonds. The van der Waals surface area contributed by atoms with Crippen molar-refractivity contribution in [2.45, 2.75) is 25.1 Å². The average Bonchev–Trinajstić information content (AvgIpc) is 2.45. The van der Waals surface area contributed by atoms with E-state index in [0.717, 1.165) is 16.6 Å². The van der Waals surface area contributed by atoms with Gasteiger partial charge in [0, 0.05) is 4.47 Å². The number of rotatable bonds is 3. The monoisotopic (exact) mass is 358 g/mol. The number of benzene rings is 2. The fourth-order valence-corrected chi connectivity index (χ4v) is 2.67. The van der Waals surface area contributed by atoms with Gasteiger partial charge < -0.3 is 5.11 Å². The molecule has 1 atom stereocenters. The normalized spacial score (nSPS) is 14.8. The summed E-state index contributed by atoms with van der Waals surface area (Å²) in [4.78, 5) is 0. The topological polar surface area (TPSA) is 20.2 Å². The Morgan fingerprint density at radius 2 is 1.48 bits per heavy atom. The van der Waals surface area contributed by atoms with Crippen LogP contribution in [0.2, 0.25) is 0 Å². The van der Waals surface area contributed by atoms with E-state index in [4.69, 9.17) is 0 Å². The second-order valence-electron chi connectivity index (χ2n) is 4.80. The smallest absolute Gasteiger partial charge is 0.380 e. The average molecular weight is 359 g/mol. The van der Waals surface area contributed by atoms with Crippen LogP contribution >= 0.6 is 15.9 Å². The second-order valence-corrected chi connectivity index (χ2v) is 5.72. The summed E-state index contributed by atoms with van der Waals surface area (Å²) >= 11 is 3.31. The predicted molar refractivity (Wildman–Crippen MR) is 78.9 cm³/mol. The standard InChI is InChI=1S/C16H14BrF3O/c1-2-15(21,12-6-4-8-14(17)10-12)11-5-3-7-13(9-11)16(18,19)20/h3-10,21H,2H2,1H3. The lowest BCUT2D eigenvalue weighted by molar-refractivity contribution is -0.137. The maximum absolute atomic E-state index is 12.8. The van der Waals surface area contributed by atoms with E-state index in [2.05, 4.69) is 15.9 Å². The van der Waals surface area contributed by atoms with E-state index in [1.807, 2.05) is 0 Å². The highest BCUT2D eigenvalue weighted by molar-refractivity contribution is 9.10. The SMILES string of the molecule is CCC(O)(c1cccc(Br)c1)c1cccc(C(F)(F)F)c1. The van der Waals surface area contributed by atoms with E-state index in [1.165, 1.54) is 12.1 Å². The first kappa shape index (κ1) is 16.0. The van der Waals surface area contributed by atoms with Gasteiger partial charge in [-0.25, -0.2) is 0 Å². The van der Waals surface area contributed by atoms with E-state index in [9.17, 15) is 18.3 Å². The molecule has 0 aliphatic heterocycles. The van der Waals surface area contributed by atoms with Crippen molar-refractivity contribution in [2.24, 2.45) is 0 Å². The quantitative estimate of drug-likeness (QED) is 0.807.